The summed E-state index contributed by atoms with van der Waals surface area (Å²) in [5.74, 6) is 0.107. The largest absolute Gasteiger partial charge is 0.350 e. The average Bonchev–Trinajstić information content (AvgIpc) is 2.80. The average molecular weight is 282 g/mol. The smallest absolute Gasteiger partial charge is 0.234 e. The Labute approximate surface area is 118 Å². The van der Waals surface area contributed by atoms with Gasteiger partial charge in [-0.15, -0.1) is 11.3 Å². The predicted octanol–water partition coefficient (Wildman–Crippen LogP) is 1.18. The first-order valence-electron chi connectivity index (χ1n) is 6.62. The molecular formula is C13H22N4OS. The summed E-state index contributed by atoms with van der Waals surface area (Å²) < 4.78 is 0. The summed E-state index contributed by atoms with van der Waals surface area (Å²) in [5.41, 5.74) is -0.153. The van der Waals surface area contributed by atoms with Crippen LogP contribution < -0.4 is 10.2 Å². The Balaban J connectivity index is 1.76. The van der Waals surface area contributed by atoms with E-state index in [1.807, 2.05) is 32.3 Å². The van der Waals surface area contributed by atoms with Crippen molar-refractivity contribution in [2.75, 3.05) is 37.6 Å². The zero-order valence-electron chi connectivity index (χ0n) is 11.8. The van der Waals surface area contributed by atoms with Gasteiger partial charge < -0.3 is 10.2 Å². The van der Waals surface area contributed by atoms with Gasteiger partial charge in [0, 0.05) is 43.3 Å². The van der Waals surface area contributed by atoms with Crippen LogP contribution in [-0.2, 0) is 4.79 Å². The van der Waals surface area contributed by atoms with E-state index in [0.717, 1.165) is 31.3 Å². The normalized spacial score (nSPS) is 17.5. The topological polar surface area (TPSA) is 48.5 Å². The van der Waals surface area contributed by atoms with Crippen molar-refractivity contribution in [2.24, 2.45) is 0 Å². The first kappa shape index (κ1) is 14.3. The standard InChI is InChI=1S/C13H22N4OS/c1-13(2,3)15-11(18)10-16-5-7-17(8-6-16)12-14-4-9-19-12/h4,9H,5-8,10H2,1-3H3,(H,15,18). The van der Waals surface area contributed by atoms with E-state index in [2.05, 4.69) is 20.1 Å². The van der Waals surface area contributed by atoms with Crippen LogP contribution in [0.5, 0.6) is 0 Å². The van der Waals surface area contributed by atoms with Gasteiger partial charge in [-0.2, -0.15) is 0 Å². The fraction of sp³-hybridized carbons (Fsp3) is 0.692. The van der Waals surface area contributed by atoms with E-state index in [9.17, 15) is 4.79 Å². The van der Waals surface area contributed by atoms with Crippen LogP contribution in [-0.4, -0.2) is 54.1 Å². The van der Waals surface area contributed by atoms with Gasteiger partial charge in [-0.05, 0) is 20.8 Å². The molecule has 1 N–H and O–H groups in total. The summed E-state index contributed by atoms with van der Waals surface area (Å²) in [5, 5.41) is 6.08. The van der Waals surface area contributed by atoms with Crippen LogP contribution in [0.15, 0.2) is 11.6 Å². The Morgan fingerprint density at radius 1 is 1.37 bits per heavy atom. The van der Waals surface area contributed by atoms with Crippen molar-refractivity contribution >= 4 is 22.4 Å². The Bertz CT molecular complexity index is 405. The van der Waals surface area contributed by atoms with E-state index < -0.39 is 0 Å². The van der Waals surface area contributed by atoms with Gasteiger partial charge >= 0.3 is 0 Å². The summed E-state index contributed by atoms with van der Waals surface area (Å²) >= 11 is 1.67. The van der Waals surface area contributed by atoms with E-state index in [4.69, 9.17) is 0 Å². The monoisotopic (exact) mass is 282 g/mol. The van der Waals surface area contributed by atoms with E-state index in [-0.39, 0.29) is 11.4 Å². The van der Waals surface area contributed by atoms with Gasteiger partial charge in [-0.3, -0.25) is 9.69 Å². The quantitative estimate of drug-likeness (QED) is 0.904. The summed E-state index contributed by atoms with van der Waals surface area (Å²) in [6, 6.07) is 0. The second kappa shape index (κ2) is 5.88. The molecular weight excluding hydrogens is 260 g/mol. The molecule has 1 fully saturated rings. The third-order valence-corrected chi connectivity index (χ3v) is 3.78. The van der Waals surface area contributed by atoms with Crippen molar-refractivity contribution in [1.29, 1.82) is 0 Å². The molecule has 0 radical (unpaired) electrons. The second-order valence-corrected chi connectivity index (χ2v) is 6.75. The molecule has 2 heterocycles. The first-order chi connectivity index (χ1) is 8.94. The fourth-order valence-electron chi connectivity index (χ4n) is 2.13. The molecule has 1 aliphatic rings. The number of thiazole rings is 1. The lowest BCUT2D eigenvalue weighted by Crippen LogP contribution is -2.51. The molecule has 1 aromatic heterocycles. The van der Waals surface area contributed by atoms with Gasteiger partial charge in [0.25, 0.3) is 0 Å². The molecule has 1 amide bonds. The van der Waals surface area contributed by atoms with Gasteiger partial charge in [0.1, 0.15) is 0 Å². The zero-order chi connectivity index (χ0) is 13.9. The van der Waals surface area contributed by atoms with Gasteiger partial charge in [0.2, 0.25) is 5.91 Å². The Morgan fingerprint density at radius 2 is 2.05 bits per heavy atom. The summed E-state index contributed by atoms with van der Waals surface area (Å²) in [7, 11) is 0. The van der Waals surface area contributed by atoms with Gasteiger partial charge in [0.15, 0.2) is 5.13 Å². The number of amides is 1. The molecule has 6 heteroatoms. The highest BCUT2D eigenvalue weighted by Gasteiger charge is 2.21. The molecule has 0 atom stereocenters. The highest BCUT2D eigenvalue weighted by atomic mass is 32.1. The molecule has 5 nitrogen and oxygen atoms in total. The number of anilines is 1. The van der Waals surface area contributed by atoms with Crippen LogP contribution in [0.4, 0.5) is 5.13 Å². The molecule has 19 heavy (non-hydrogen) atoms. The van der Waals surface area contributed by atoms with Crippen molar-refractivity contribution in [3.05, 3.63) is 11.6 Å². The highest BCUT2D eigenvalue weighted by molar-refractivity contribution is 7.13. The second-order valence-electron chi connectivity index (χ2n) is 5.88. The highest BCUT2D eigenvalue weighted by Crippen LogP contribution is 2.18. The number of nitrogens with one attached hydrogen (secondary N) is 1. The Hall–Kier alpha value is -1.14. The first-order valence-corrected chi connectivity index (χ1v) is 7.50. The van der Waals surface area contributed by atoms with Gasteiger partial charge in [-0.1, -0.05) is 0 Å². The van der Waals surface area contributed by atoms with Crippen molar-refractivity contribution in [2.45, 2.75) is 26.3 Å². The van der Waals surface area contributed by atoms with Crippen LogP contribution >= 0.6 is 11.3 Å². The van der Waals surface area contributed by atoms with Gasteiger partial charge in [-0.25, -0.2) is 4.98 Å². The maximum Gasteiger partial charge on any atom is 0.234 e. The molecule has 2 rings (SSSR count). The van der Waals surface area contributed by atoms with E-state index in [1.54, 1.807) is 11.3 Å². The van der Waals surface area contributed by atoms with Crippen LogP contribution in [0.2, 0.25) is 0 Å². The van der Waals surface area contributed by atoms with Crippen molar-refractivity contribution in [3.8, 4) is 0 Å². The molecule has 1 aliphatic heterocycles. The number of hydrogen-bond donors (Lipinski definition) is 1. The zero-order valence-corrected chi connectivity index (χ0v) is 12.7. The third kappa shape index (κ3) is 4.47. The predicted molar refractivity (Wildman–Crippen MR) is 78.7 cm³/mol. The van der Waals surface area contributed by atoms with Crippen LogP contribution in [0.25, 0.3) is 0 Å². The minimum atomic E-state index is -0.153. The molecule has 0 spiro atoms. The molecule has 0 aromatic carbocycles. The number of carbonyl (C=O) groups excluding carboxylic acids is 1. The molecule has 0 unspecified atom stereocenters. The lowest BCUT2D eigenvalue weighted by atomic mass is 10.1. The molecule has 0 aliphatic carbocycles. The van der Waals surface area contributed by atoms with E-state index in [0.29, 0.717) is 6.54 Å². The maximum absolute atomic E-state index is 11.9. The Morgan fingerprint density at radius 3 is 2.58 bits per heavy atom. The van der Waals surface area contributed by atoms with E-state index >= 15 is 0 Å². The summed E-state index contributed by atoms with van der Waals surface area (Å²) in [4.78, 5) is 20.7. The van der Waals surface area contributed by atoms with Crippen molar-refractivity contribution in [1.82, 2.24) is 15.2 Å². The number of piperazine rings is 1. The number of aromatic nitrogens is 1. The SMILES string of the molecule is CC(C)(C)NC(=O)CN1CCN(c2nccs2)CC1. The molecule has 1 aromatic rings. The molecule has 0 saturated carbocycles. The van der Waals surface area contributed by atoms with Crippen molar-refractivity contribution < 1.29 is 4.79 Å². The minimum Gasteiger partial charge on any atom is -0.350 e. The molecule has 106 valence electrons. The molecule has 1 saturated heterocycles. The van der Waals surface area contributed by atoms with Crippen molar-refractivity contribution in [3.63, 3.8) is 0 Å². The Kier molecular flexibility index (Phi) is 4.42. The van der Waals surface area contributed by atoms with Crippen LogP contribution in [0, 0.1) is 0 Å². The third-order valence-electron chi connectivity index (χ3n) is 2.94. The number of rotatable bonds is 3. The maximum atomic E-state index is 11.9. The fourth-order valence-corrected chi connectivity index (χ4v) is 2.83. The number of carbonyl (C=O) groups is 1. The van der Waals surface area contributed by atoms with Gasteiger partial charge in [0.05, 0.1) is 6.54 Å². The number of nitrogens with zero attached hydrogens (tertiary/aromatic N) is 3. The van der Waals surface area contributed by atoms with E-state index in [1.165, 1.54) is 0 Å². The summed E-state index contributed by atoms with van der Waals surface area (Å²) in [6.45, 7) is 10.2. The lowest BCUT2D eigenvalue weighted by Gasteiger charge is -2.34. The lowest BCUT2D eigenvalue weighted by molar-refractivity contribution is -0.123. The number of hydrogen-bond acceptors (Lipinski definition) is 5. The van der Waals surface area contributed by atoms with Crippen LogP contribution in [0.3, 0.4) is 0 Å². The molecule has 0 bridgehead atoms. The van der Waals surface area contributed by atoms with Crippen LogP contribution in [0.1, 0.15) is 20.8 Å². The minimum absolute atomic E-state index is 0.107. The summed E-state index contributed by atoms with van der Waals surface area (Å²) in [6.07, 6.45) is 1.84.